The van der Waals surface area contributed by atoms with E-state index in [2.05, 4.69) is 0 Å². The molecule has 0 aromatic heterocycles. The third kappa shape index (κ3) is 0.472. The molecule has 0 unspecified atom stereocenters. The Morgan fingerprint density at radius 2 is 1.37 bits per heavy atom. The van der Waals surface area contributed by atoms with Crippen molar-refractivity contribution in [2.45, 2.75) is 18.6 Å². The lowest BCUT2D eigenvalue weighted by molar-refractivity contribution is -0.448. The largest absolute Gasteiger partial charge is 0.299 e. The van der Waals surface area contributed by atoms with Crippen LogP contribution in [0.1, 0.15) is 6.42 Å². The molecule has 0 N–H and O–H groups in total. The topological polar surface area (TPSA) is 52.6 Å². The molecule has 2 spiro atoms. The van der Waals surface area contributed by atoms with Crippen molar-refractivity contribution in [1.82, 2.24) is 0 Å². The second-order valence-electron chi connectivity index (χ2n) is 7.55. The lowest BCUT2D eigenvalue weighted by Gasteiger charge is -2.69. The van der Waals surface area contributed by atoms with E-state index in [1.165, 1.54) is 0 Å². The summed E-state index contributed by atoms with van der Waals surface area (Å²) in [7, 11) is 0. The smallest absolute Gasteiger partial charge is 0.147 e. The van der Waals surface area contributed by atoms with Gasteiger partial charge >= 0.3 is 0 Å². The molecule has 6 fully saturated rings. The van der Waals surface area contributed by atoms with Crippen LogP contribution in [-0.2, 0) is 19.4 Å². The average Bonchev–Trinajstić information content (AvgIpc) is 2.95. The maximum absolute atomic E-state index is 13.1. The summed E-state index contributed by atoms with van der Waals surface area (Å²) in [6.45, 7) is 0. The minimum absolute atomic E-state index is 0.0331. The van der Waals surface area contributed by atoms with Crippen LogP contribution in [0.15, 0.2) is 12.2 Å². The molecule has 19 heavy (non-hydrogen) atoms. The van der Waals surface area contributed by atoms with E-state index in [-0.39, 0.29) is 24.0 Å². The van der Waals surface area contributed by atoms with Crippen molar-refractivity contribution in [1.29, 1.82) is 0 Å². The molecule has 6 aliphatic carbocycles. The van der Waals surface area contributed by atoms with E-state index in [1.807, 2.05) is 12.2 Å². The molecule has 8 rings (SSSR count). The maximum atomic E-state index is 13.1. The minimum atomic E-state index is -0.524. The van der Waals surface area contributed by atoms with Crippen LogP contribution in [-0.4, -0.2) is 23.8 Å². The van der Waals surface area contributed by atoms with Gasteiger partial charge in [-0.15, -0.1) is 0 Å². The minimum Gasteiger partial charge on any atom is -0.299 e. The molecule has 8 aliphatic rings. The number of Topliss-reactive ketones (excluding diaryl/α,β-unsaturated/α-hetero) is 2. The molecular weight excluding hydrogens is 244 g/mol. The van der Waals surface area contributed by atoms with E-state index in [9.17, 15) is 9.59 Å². The van der Waals surface area contributed by atoms with Gasteiger partial charge in [-0.25, -0.2) is 9.78 Å². The molecule has 0 aromatic carbocycles. The first-order valence-electron chi connectivity index (χ1n) is 7.34. The first-order chi connectivity index (χ1) is 9.25. The normalized spacial score (nSPS) is 75.2. The van der Waals surface area contributed by atoms with Crippen molar-refractivity contribution in [2.24, 2.45) is 46.3 Å². The van der Waals surface area contributed by atoms with Gasteiger partial charge in [-0.1, -0.05) is 12.2 Å². The van der Waals surface area contributed by atoms with Gasteiger partial charge in [0.15, 0.2) is 0 Å². The molecule has 2 aliphatic heterocycles. The van der Waals surface area contributed by atoms with E-state index in [1.54, 1.807) is 0 Å². The predicted molar refractivity (Wildman–Crippen MR) is 59.3 cm³/mol. The second-order valence-corrected chi connectivity index (χ2v) is 7.55. The van der Waals surface area contributed by atoms with Crippen LogP contribution in [0.3, 0.4) is 0 Å². The predicted octanol–water partition coefficient (Wildman–Crippen LogP) is 0.521. The zero-order chi connectivity index (χ0) is 12.3. The van der Waals surface area contributed by atoms with Gasteiger partial charge in [0.2, 0.25) is 0 Å². The molecular formula is C15H12O4. The SMILES string of the molecule is O=C1[C@@H]2[C@H]3C[C@H]4[C@@H]2C(=O)[C@]25[C@H]4[C@H]3[C@]12[C@@H]1C=C[C@H]5OO1. The number of rotatable bonds is 0. The molecule has 5 saturated carbocycles. The van der Waals surface area contributed by atoms with Crippen molar-refractivity contribution < 1.29 is 19.4 Å². The summed E-state index contributed by atoms with van der Waals surface area (Å²) in [6.07, 6.45) is 4.45. The zero-order valence-corrected chi connectivity index (χ0v) is 10.1. The third-order valence-electron chi connectivity index (χ3n) is 7.94. The van der Waals surface area contributed by atoms with Crippen LogP contribution in [0.5, 0.6) is 0 Å². The van der Waals surface area contributed by atoms with Crippen LogP contribution in [0, 0.1) is 46.3 Å². The van der Waals surface area contributed by atoms with Gasteiger partial charge in [0, 0.05) is 11.8 Å². The van der Waals surface area contributed by atoms with Crippen LogP contribution in [0.2, 0.25) is 0 Å². The number of hydrogen-bond donors (Lipinski definition) is 0. The van der Waals surface area contributed by atoms with E-state index < -0.39 is 10.8 Å². The summed E-state index contributed by atoms with van der Waals surface area (Å²) >= 11 is 0. The highest BCUT2D eigenvalue weighted by Gasteiger charge is 3.00. The molecule has 4 heteroatoms. The van der Waals surface area contributed by atoms with Gasteiger partial charge in [0.25, 0.3) is 0 Å². The molecule has 10 atom stereocenters. The molecule has 4 nitrogen and oxygen atoms in total. The first-order valence-corrected chi connectivity index (χ1v) is 7.34. The molecule has 0 radical (unpaired) electrons. The summed E-state index contributed by atoms with van der Waals surface area (Å²) in [6, 6.07) is 0. The van der Waals surface area contributed by atoms with Crippen LogP contribution in [0.25, 0.3) is 0 Å². The highest BCUT2D eigenvalue weighted by molar-refractivity contribution is 6.13. The monoisotopic (exact) mass is 256 g/mol. The quantitative estimate of drug-likeness (QED) is 0.468. The van der Waals surface area contributed by atoms with Crippen LogP contribution >= 0.6 is 0 Å². The Balaban J connectivity index is 1.69. The average molecular weight is 256 g/mol. The Kier molecular flexibility index (Phi) is 0.978. The number of carbonyl (C=O) groups is 2. The van der Waals surface area contributed by atoms with Gasteiger partial charge in [-0.2, -0.15) is 0 Å². The van der Waals surface area contributed by atoms with Crippen molar-refractivity contribution in [2.75, 3.05) is 0 Å². The Labute approximate surface area is 109 Å². The van der Waals surface area contributed by atoms with E-state index in [0.717, 1.165) is 6.42 Å². The Morgan fingerprint density at radius 3 is 1.79 bits per heavy atom. The van der Waals surface area contributed by atoms with Gasteiger partial charge in [-0.05, 0) is 30.1 Å². The number of carbonyl (C=O) groups excluding carboxylic acids is 2. The molecule has 1 saturated heterocycles. The number of fused-ring (bicyclic) bond motifs is 2. The van der Waals surface area contributed by atoms with Crippen LogP contribution in [0.4, 0.5) is 0 Å². The molecule has 96 valence electrons. The molecule has 4 bridgehead atoms. The number of ketones is 2. The highest BCUT2D eigenvalue weighted by atomic mass is 17.2. The Bertz CT molecular complexity index is 599. The fraction of sp³-hybridized carbons (Fsp3) is 0.733. The van der Waals surface area contributed by atoms with Gasteiger partial charge in [0.1, 0.15) is 23.8 Å². The zero-order valence-electron chi connectivity index (χ0n) is 10.1. The lowest BCUT2D eigenvalue weighted by atomic mass is 9.34. The van der Waals surface area contributed by atoms with Gasteiger partial charge in [0.05, 0.1) is 10.8 Å². The molecule has 0 amide bonds. The van der Waals surface area contributed by atoms with Crippen molar-refractivity contribution in [3.8, 4) is 0 Å². The van der Waals surface area contributed by atoms with E-state index in [0.29, 0.717) is 35.2 Å². The van der Waals surface area contributed by atoms with E-state index in [4.69, 9.17) is 9.78 Å². The fourth-order valence-corrected chi connectivity index (χ4v) is 8.08. The maximum Gasteiger partial charge on any atom is 0.147 e. The Hall–Kier alpha value is -1.00. The van der Waals surface area contributed by atoms with Crippen LogP contribution < -0.4 is 0 Å². The second kappa shape index (κ2) is 2.06. The standard InChI is InChI=1S/C15H12O4/c16-12-8-4-3-5-9(8)13(17)15-7-2-1-6(18-19-7)14(12,15)10(4)11(5)15/h1-2,4-11H,3H2/t4-,5+,6+,7-,8-,9+,10+,11-,14-,15+. The van der Waals surface area contributed by atoms with Crippen molar-refractivity contribution >= 4 is 11.6 Å². The van der Waals surface area contributed by atoms with Crippen molar-refractivity contribution in [3.63, 3.8) is 0 Å². The lowest BCUT2D eigenvalue weighted by Crippen LogP contribution is -2.80. The van der Waals surface area contributed by atoms with Crippen molar-refractivity contribution in [3.05, 3.63) is 12.2 Å². The van der Waals surface area contributed by atoms with E-state index >= 15 is 0 Å². The fourth-order valence-electron chi connectivity index (χ4n) is 8.08. The van der Waals surface area contributed by atoms with Gasteiger partial charge in [-0.3, -0.25) is 9.59 Å². The summed E-state index contributed by atoms with van der Waals surface area (Å²) in [4.78, 5) is 37.0. The van der Waals surface area contributed by atoms with Gasteiger partial charge < -0.3 is 0 Å². The summed E-state index contributed by atoms with van der Waals surface area (Å²) in [5.41, 5.74) is -1.05. The summed E-state index contributed by atoms with van der Waals surface area (Å²) < 4.78 is 0. The highest BCUT2D eigenvalue weighted by Crippen LogP contribution is 2.92. The molecule has 2 heterocycles. The summed E-state index contributed by atoms with van der Waals surface area (Å²) in [5, 5.41) is 0. The summed E-state index contributed by atoms with van der Waals surface area (Å²) in [5.74, 6) is 2.55. The Morgan fingerprint density at radius 1 is 0.895 bits per heavy atom. The number of hydrogen-bond acceptors (Lipinski definition) is 4. The molecule has 0 aromatic rings. The first kappa shape index (κ1) is 9.03. The third-order valence-corrected chi connectivity index (χ3v) is 7.94.